The number of para-hydroxylation sites is 1. The topological polar surface area (TPSA) is 83.2 Å². The number of methoxy groups -OCH3 is 1. The Morgan fingerprint density at radius 1 is 1.13 bits per heavy atom. The van der Waals surface area contributed by atoms with Crippen LogP contribution in [0.1, 0.15) is 16.1 Å². The summed E-state index contributed by atoms with van der Waals surface area (Å²) in [5, 5.41) is 11.8. The molecular formula is C22H20ClN5O3. The summed E-state index contributed by atoms with van der Waals surface area (Å²) in [6.07, 6.45) is 4.90. The molecule has 2 heterocycles. The number of rotatable bonds is 8. The molecule has 0 aliphatic rings. The third-order valence-electron chi connectivity index (χ3n) is 4.50. The number of amides is 1. The Balaban J connectivity index is 1.39. The molecule has 0 aliphatic heterocycles. The van der Waals surface area contributed by atoms with Gasteiger partial charge in [0, 0.05) is 12.4 Å². The zero-order valence-electron chi connectivity index (χ0n) is 16.7. The van der Waals surface area contributed by atoms with E-state index in [-0.39, 0.29) is 12.6 Å². The first-order valence-corrected chi connectivity index (χ1v) is 9.86. The van der Waals surface area contributed by atoms with Gasteiger partial charge in [-0.15, -0.1) is 0 Å². The number of ether oxygens (including phenoxy) is 2. The number of hydrogen-bond acceptors (Lipinski definition) is 5. The van der Waals surface area contributed by atoms with E-state index >= 15 is 0 Å². The van der Waals surface area contributed by atoms with E-state index in [9.17, 15) is 4.79 Å². The van der Waals surface area contributed by atoms with E-state index in [0.717, 1.165) is 11.3 Å². The van der Waals surface area contributed by atoms with Gasteiger partial charge in [-0.3, -0.25) is 9.48 Å². The van der Waals surface area contributed by atoms with Crippen molar-refractivity contribution in [3.63, 3.8) is 0 Å². The van der Waals surface area contributed by atoms with Crippen molar-refractivity contribution in [2.24, 2.45) is 0 Å². The van der Waals surface area contributed by atoms with E-state index in [1.54, 1.807) is 42.4 Å². The molecule has 9 heteroatoms. The van der Waals surface area contributed by atoms with Gasteiger partial charge in [-0.05, 0) is 35.9 Å². The molecule has 0 fully saturated rings. The van der Waals surface area contributed by atoms with Crippen molar-refractivity contribution in [2.75, 3.05) is 12.4 Å². The molecule has 0 radical (unpaired) electrons. The van der Waals surface area contributed by atoms with E-state index in [0.29, 0.717) is 28.7 Å². The molecule has 31 heavy (non-hydrogen) atoms. The first kappa shape index (κ1) is 20.5. The first-order valence-electron chi connectivity index (χ1n) is 9.48. The smallest absolute Gasteiger partial charge is 0.274 e. The van der Waals surface area contributed by atoms with Gasteiger partial charge in [0.15, 0.2) is 6.73 Å². The molecule has 0 spiro atoms. The van der Waals surface area contributed by atoms with Crippen molar-refractivity contribution in [2.45, 2.75) is 13.3 Å². The molecule has 0 saturated heterocycles. The lowest BCUT2D eigenvalue weighted by atomic mass is 10.2. The Bertz CT molecular complexity index is 1190. The summed E-state index contributed by atoms with van der Waals surface area (Å²) in [5.74, 6) is 0.983. The summed E-state index contributed by atoms with van der Waals surface area (Å²) < 4.78 is 14.1. The van der Waals surface area contributed by atoms with Crippen molar-refractivity contribution >= 4 is 23.2 Å². The van der Waals surface area contributed by atoms with Crippen LogP contribution in [0.2, 0.25) is 5.02 Å². The van der Waals surface area contributed by atoms with E-state index in [2.05, 4.69) is 15.5 Å². The van der Waals surface area contributed by atoms with Gasteiger partial charge in [-0.25, -0.2) is 4.68 Å². The average Bonchev–Trinajstić information content (AvgIpc) is 3.42. The fourth-order valence-electron chi connectivity index (χ4n) is 2.99. The highest BCUT2D eigenvalue weighted by Gasteiger charge is 2.14. The molecule has 1 N–H and O–H groups in total. The SMILES string of the molecule is COc1cccc(Cn2cc(NC(=O)c3ccnn3COc3ccccc3Cl)cn2)c1. The Morgan fingerprint density at radius 3 is 2.84 bits per heavy atom. The van der Waals surface area contributed by atoms with Crippen LogP contribution >= 0.6 is 11.6 Å². The zero-order chi connectivity index (χ0) is 21.6. The third-order valence-corrected chi connectivity index (χ3v) is 4.81. The van der Waals surface area contributed by atoms with Crippen LogP contribution in [0.3, 0.4) is 0 Å². The predicted octanol–water partition coefficient (Wildman–Crippen LogP) is 4.08. The lowest BCUT2D eigenvalue weighted by Crippen LogP contribution is -2.19. The van der Waals surface area contributed by atoms with Crippen LogP contribution in [0.5, 0.6) is 11.5 Å². The predicted molar refractivity (Wildman–Crippen MR) is 117 cm³/mol. The Kier molecular flexibility index (Phi) is 6.18. The number of carbonyl (C=O) groups is 1. The highest BCUT2D eigenvalue weighted by Crippen LogP contribution is 2.23. The molecule has 4 rings (SSSR count). The Labute approximate surface area is 184 Å². The number of benzene rings is 2. The van der Waals surface area contributed by atoms with Gasteiger partial charge in [0.05, 0.1) is 30.6 Å². The van der Waals surface area contributed by atoms with Gasteiger partial charge in [0.25, 0.3) is 5.91 Å². The minimum Gasteiger partial charge on any atom is -0.497 e. The van der Waals surface area contributed by atoms with Crippen LogP contribution in [-0.4, -0.2) is 32.6 Å². The van der Waals surface area contributed by atoms with Crippen molar-refractivity contribution in [1.82, 2.24) is 19.6 Å². The quantitative estimate of drug-likeness (QED) is 0.449. The summed E-state index contributed by atoms with van der Waals surface area (Å²) in [6.45, 7) is 0.602. The third kappa shape index (κ3) is 5.04. The summed E-state index contributed by atoms with van der Waals surface area (Å²) in [6, 6.07) is 16.5. The molecule has 2 aromatic heterocycles. The molecule has 158 valence electrons. The Hall–Kier alpha value is -3.78. The molecule has 0 unspecified atom stereocenters. The number of nitrogens with zero attached hydrogens (tertiary/aromatic N) is 4. The van der Waals surface area contributed by atoms with Gasteiger partial charge >= 0.3 is 0 Å². The molecule has 0 atom stereocenters. The summed E-state index contributed by atoms with van der Waals surface area (Å²) >= 11 is 6.10. The van der Waals surface area contributed by atoms with Crippen LogP contribution in [0, 0.1) is 0 Å². The van der Waals surface area contributed by atoms with E-state index in [1.807, 2.05) is 36.4 Å². The molecule has 0 saturated carbocycles. The standard InChI is InChI=1S/C22H20ClN5O3/c1-30-18-6-4-5-16(11-18)13-27-14-17(12-25-27)26-22(29)20-9-10-24-28(20)15-31-21-8-3-2-7-19(21)23/h2-12,14H,13,15H2,1H3,(H,26,29). The van der Waals surface area contributed by atoms with Crippen molar-refractivity contribution in [3.05, 3.63) is 89.5 Å². The van der Waals surface area contributed by atoms with Crippen molar-refractivity contribution in [3.8, 4) is 11.5 Å². The molecule has 1 amide bonds. The summed E-state index contributed by atoms with van der Waals surface area (Å²) in [5.41, 5.74) is 1.97. The van der Waals surface area contributed by atoms with Crippen LogP contribution in [0.4, 0.5) is 5.69 Å². The van der Waals surface area contributed by atoms with E-state index in [1.165, 1.54) is 10.9 Å². The van der Waals surface area contributed by atoms with Gasteiger partial charge in [0.2, 0.25) is 0 Å². The first-order chi connectivity index (χ1) is 15.1. The minimum atomic E-state index is -0.318. The average molecular weight is 438 g/mol. The fraction of sp³-hybridized carbons (Fsp3) is 0.136. The summed E-state index contributed by atoms with van der Waals surface area (Å²) in [7, 11) is 1.63. The highest BCUT2D eigenvalue weighted by molar-refractivity contribution is 6.32. The normalized spacial score (nSPS) is 10.6. The maximum absolute atomic E-state index is 12.7. The molecular weight excluding hydrogens is 418 g/mol. The monoisotopic (exact) mass is 437 g/mol. The molecule has 4 aromatic rings. The maximum atomic E-state index is 12.7. The lowest BCUT2D eigenvalue weighted by molar-refractivity contribution is 0.100. The second kappa shape index (κ2) is 9.36. The number of anilines is 1. The van der Waals surface area contributed by atoms with Gasteiger partial charge in [0.1, 0.15) is 17.2 Å². The number of halogens is 1. The molecule has 0 aliphatic carbocycles. The number of aromatic nitrogens is 4. The van der Waals surface area contributed by atoms with Crippen LogP contribution in [0.25, 0.3) is 0 Å². The van der Waals surface area contributed by atoms with Gasteiger partial charge < -0.3 is 14.8 Å². The lowest BCUT2D eigenvalue weighted by Gasteiger charge is -2.10. The van der Waals surface area contributed by atoms with Crippen molar-refractivity contribution in [1.29, 1.82) is 0 Å². The Morgan fingerprint density at radius 2 is 2.00 bits per heavy atom. The van der Waals surface area contributed by atoms with Gasteiger partial charge in [-0.1, -0.05) is 35.9 Å². The van der Waals surface area contributed by atoms with Crippen LogP contribution < -0.4 is 14.8 Å². The second-order valence-electron chi connectivity index (χ2n) is 6.65. The fourth-order valence-corrected chi connectivity index (χ4v) is 3.18. The summed E-state index contributed by atoms with van der Waals surface area (Å²) in [4.78, 5) is 12.7. The van der Waals surface area contributed by atoms with E-state index in [4.69, 9.17) is 21.1 Å². The number of hydrogen-bond donors (Lipinski definition) is 1. The van der Waals surface area contributed by atoms with Gasteiger partial charge in [-0.2, -0.15) is 10.2 Å². The van der Waals surface area contributed by atoms with E-state index < -0.39 is 0 Å². The maximum Gasteiger partial charge on any atom is 0.274 e. The molecule has 2 aromatic carbocycles. The zero-order valence-corrected chi connectivity index (χ0v) is 17.5. The minimum absolute atomic E-state index is 0.0502. The van der Waals surface area contributed by atoms with Crippen molar-refractivity contribution < 1.29 is 14.3 Å². The number of carbonyl (C=O) groups excluding carboxylic acids is 1. The van der Waals surface area contributed by atoms with Crippen LogP contribution in [0.15, 0.2) is 73.2 Å². The second-order valence-corrected chi connectivity index (χ2v) is 7.06. The largest absolute Gasteiger partial charge is 0.497 e. The number of nitrogens with one attached hydrogen (secondary N) is 1. The molecule has 0 bridgehead atoms. The molecule has 8 nitrogen and oxygen atoms in total. The highest BCUT2D eigenvalue weighted by atomic mass is 35.5. The van der Waals surface area contributed by atoms with Crippen LogP contribution in [-0.2, 0) is 13.3 Å².